The minimum atomic E-state index is -0.482. The molecule has 0 aromatic heterocycles. The maximum atomic E-state index is 13.3. The summed E-state index contributed by atoms with van der Waals surface area (Å²) in [6.07, 6.45) is 3.92. The van der Waals surface area contributed by atoms with Crippen LogP contribution in [0.1, 0.15) is 24.8 Å². The van der Waals surface area contributed by atoms with E-state index in [2.05, 4.69) is 29.2 Å². The number of carbonyl (C=O) groups is 2. The molecule has 1 aromatic carbocycles. The van der Waals surface area contributed by atoms with Gasteiger partial charge in [0, 0.05) is 39.3 Å². The number of likely N-dealkylation sites (tertiary alicyclic amines) is 1. The monoisotopic (exact) mass is 400 g/mol. The highest BCUT2D eigenvalue weighted by Crippen LogP contribution is 2.54. The van der Waals surface area contributed by atoms with Gasteiger partial charge in [0.05, 0.1) is 5.92 Å². The third-order valence-corrected chi connectivity index (χ3v) is 6.99. The van der Waals surface area contributed by atoms with Gasteiger partial charge in [-0.15, -0.1) is 0 Å². The van der Waals surface area contributed by atoms with E-state index in [1.54, 1.807) is 5.48 Å². The maximum absolute atomic E-state index is 13.3. The largest absolute Gasteiger partial charge is 0.339 e. The van der Waals surface area contributed by atoms with Crippen LogP contribution in [0.4, 0.5) is 0 Å². The van der Waals surface area contributed by atoms with E-state index in [9.17, 15) is 14.8 Å². The Balaban J connectivity index is 1.33. The molecule has 1 aromatic rings. The van der Waals surface area contributed by atoms with Crippen LogP contribution in [0.25, 0.3) is 0 Å². The second kappa shape index (κ2) is 8.42. The van der Waals surface area contributed by atoms with Crippen LogP contribution in [0.3, 0.4) is 0 Å². The molecule has 2 amide bonds. The molecule has 1 saturated carbocycles. The van der Waals surface area contributed by atoms with Crippen molar-refractivity contribution in [2.75, 3.05) is 46.3 Å². The molecule has 3 aliphatic rings. The highest BCUT2D eigenvalue weighted by atomic mass is 16.5. The van der Waals surface area contributed by atoms with Gasteiger partial charge in [-0.3, -0.25) is 24.6 Å². The Morgan fingerprint density at radius 3 is 2.45 bits per heavy atom. The molecule has 0 unspecified atom stereocenters. The number of nitrogens with zero attached hydrogens (tertiary/aromatic N) is 3. The van der Waals surface area contributed by atoms with Gasteiger partial charge in [-0.25, -0.2) is 5.48 Å². The summed E-state index contributed by atoms with van der Waals surface area (Å²) in [4.78, 5) is 32.0. The van der Waals surface area contributed by atoms with Gasteiger partial charge in [0.25, 0.3) is 0 Å². The number of piperidine rings is 1. The fourth-order valence-electron chi connectivity index (χ4n) is 5.11. The molecule has 0 bridgehead atoms. The van der Waals surface area contributed by atoms with Gasteiger partial charge in [-0.05, 0) is 43.7 Å². The summed E-state index contributed by atoms with van der Waals surface area (Å²) in [5, 5.41) is 9.21. The number of nitrogens with one attached hydrogen (secondary N) is 1. The van der Waals surface area contributed by atoms with Crippen molar-refractivity contribution < 1.29 is 14.8 Å². The van der Waals surface area contributed by atoms with E-state index < -0.39 is 17.9 Å². The van der Waals surface area contributed by atoms with Crippen molar-refractivity contribution in [2.45, 2.75) is 31.7 Å². The van der Waals surface area contributed by atoms with Crippen molar-refractivity contribution in [3.8, 4) is 0 Å². The Bertz CT molecular complexity index is 729. The highest BCUT2D eigenvalue weighted by Gasteiger charge is 2.55. The van der Waals surface area contributed by atoms with E-state index in [1.807, 2.05) is 22.9 Å². The van der Waals surface area contributed by atoms with E-state index in [0.717, 1.165) is 45.4 Å². The average Bonchev–Trinajstić information content (AvgIpc) is 3.50. The average molecular weight is 401 g/mol. The van der Waals surface area contributed by atoms with Crippen LogP contribution in [0.15, 0.2) is 30.3 Å². The highest BCUT2D eigenvalue weighted by molar-refractivity contribution is 5.90. The van der Waals surface area contributed by atoms with Gasteiger partial charge in [0.1, 0.15) is 6.04 Å². The minimum Gasteiger partial charge on any atom is -0.339 e. The summed E-state index contributed by atoms with van der Waals surface area (Å²) in [5.41, 5.74) is 3.30. The molecule has 158 valence electrons. The zero-order chi connectivity index (χ0) is 20.4. The second-order valence-corrected chi connectivity index (χ2v) is 9.05. The molecule has 0 radical (unpaired) electrons. The minimum absolute atomic E-state index is 0.0271. The van der Waals surface area contributed by atoms with Crippen molar-refractivity contribution in [2.24, 2.45) is 11.3 Å². The summed E-state index contributed by atoms with van der Waals surface area (Å²) in [6.45, 7) is 4.95. The first-order valence-corrected chi connectivity index (χ1v) is 10.7. The molecule has 29 heavy (non-hydrogen) atoms. The number of likely N-dealkylation sites (N-methyl/N-ethyl adjacent to an activating group) is 1. The molecular formula is C22H32N4O3. The SMILES string of the molecule is CN1CC2(CC2)C[C@H](C(=O)NO)[C@H]1C(=O)N1CCN(CCc2ccccc2)CC1. The number of piperazine rings is 1. The second-order valence-electron chi connectivity index (χ2n) is 9.05. The zero-order valence-corrected chi connectivity index (χ0v) is 17.2. The van der Waals surface area contributed by atoms with Crippen molar-refractivity contribution >= 4 is 11.8 Å². The Morgan fingerprint density at radius 2 is 1.83 bits per heavy atom. The zero-order valence-electron chi connectivity index (χ0n) is 17.2. The molecule has 2 aliphatic heterocycles. The molecule has 2 atom stereocenters. The van der Waals surface area contributed by atoms with Crippen LogP contribution in [-0.4, -0.2) is 84.1 Å². The van der Waals surface area contributed by atoms with Crippen molar-refractivity contribution in [1.82, 2.24) is 20.2 Å². The third kappa shape index (κ3) is 4.47. The Kier molecular flexibility index (Phi) is 5.90. The van der Waals surface area contributed by atoms with Crippen LogP contribution < -0.4 is 5.48 Å². The number of hydroxylamine groups is 1. The molecular weight excluding hydrogens is 368 g/mol. The number of hydrogen-bond acceptors (Lipinski definition) is 5. The Labute approximate surface area is 172 Å². The number of hydrogen-bond donors (Lipinski definition) is 2. The van der Waals surface area contributed by atoms with Gasteiger partial charge >= 0.3 is 0 Å². The van der Waals surface area contributed by atoms with Crippen LogP contribution in [-0.2, 0) is 16.0 Å². The first kappa shape index (κ1) is 20.3. The quantitative estimate of drug-likeness (QED) is 0.569. The van der Waals surface area contributed by atoms with Crippen LogP contribution >= 0.6 is 0 Å². The molecule has 2 N–H and O–H groups in total. The number of carbonyl (C=O) groups excluding carboxylic acids is 2. The van der Waals surface area contributed by atoms with Crippen molar-refractivity contribution in [3.05, 3.63) is 35.9 Å². The molecule has 2 saturated heterocycles. The summed E-state index contributed by atoms with van der Waals surface area (Å²) >= 11 is 0. The van der Waals surface area contributed by atoms with Crippen molar-refractivity contribution in [3.63, 3.8) is 0 Å². The lowest BCUT2D eigenvalue weighted by Gasteiger charge is -2.44. The smallest absolute Gasteiger partial charge is 0.248 e. The summed E-state index contributed by atoms with van der Waals surface area (Å²) < 4.78 is 0. The van der Waals surface area contributed by atoms with E-state index >= 15 is 0 Å². The fourth-order valence-corrected chi connectivity index (χ4v) is 5.11. The molecule has 1 spiro atoms. The van der Waals surface area contributed by atoms with Gasteiger partial charge in [-0.2, -0.15) is 0 Å². The topological polar surface area (TPSA) is 76.1 Å². The van der Waals surface area contributed by atoms with E-state index in [-0.39, 0.29) is 11.3 Å². The lowest BCUT2D eigenvalue weighted by Crippen LogP contribution is -2.61. The lowest BCUT2D eigenvalue weighted by molar-refractivity contribution is -0.151. The first-order valence-electron chi connectivity index (χ1n) is 10.7. The van der Waals surface area contributed by atoms with Crippen LogP contribution in [0, 0.1) is 11.3 Å². The van der Waals surface area contributed by atoms with E-state index in [4.69, 9.17) is 0 Å². The van der Waals surface area contributed by atoms with E-state index in [0.29, 0.717) is 19.5 Å². The Hall–Kier alpha value is -1.96. The number of rotatable bonds is 5. The van der Waals surface area contributed by atoms with Gasteiger partial charge in [0.2, 0.25) is 11.8 Å². The molecule has 7 heteroatoms. The van der Waals surface area contributed by atoms with E-state index in [1.165, 1.54) is 5.56 Å². The molecule has 2 heterocycles. The van der Waals surface area contributed by atoms with Crippen molar-refractivity contribution in [1.29, 1.82) is 0 Å². The normalized spacial score (nSPS) is 27.0. The number of benzene rings is 1. The van der Waals surface area contributed by atoms with Gasteiger partial charge < -0.3 is 4.90 Å². The first-order chi connectivity index (χ1) is 14.0. The standard InChI is InChI=1S/C22H32N4O3/c1-24-16-22(8-9-22)15-18(20(27)23-29)19(24)21(28)26-13-11-25(12-14-26)10-7-17-5-3-2-4-6-17/h2-6,18-19,29H,7-16H2,1H3,(H,23,27)/t18-,19-/m0/s1. The summed E-state index contributed by atoms with van der Waals surface area (Å²) in [7, 11) is 1.94. The fraction of sp³-hybridized carbons (Fsp3) is 0.636. The summed E-state index contributed by atoms with van der Waals surface area (Å²) in [5.74, 6) is -0.883. The molecule has 1 aliphatic carbocycles. The van der Waals surface area contributed by atoms with Crippen LogP contribution in [0.5, 0.6) is 0 Å². The lowest BCUT2D eigenvalue weighted by atomic mass is 9.80. The molecule has 4 rings (SSSR count). The number of amides is 2. The Morgan fingerprint density at radius 1 is 1.14 bits per heavy atom. The van der Waals surface area contributed by atoms with Gasteiger partial charge in [-0.1, -0.05) is 30.3 Å². The third-order valence-electron chi connectivity index (χ3n) is 6.99. The predicted octanol–water partition coefficient (Wildman–Crippen LogP) is 0.979. The maximum Gasteiger partial charge on any atom is 0.248 e. The van der Waals surface area contributed by atoms with Gasteiger partial charge in [0.15, 0.2) is 0 Å². The van der Waals surface area contributed by atoms with Crippen LogP contribution in [0.2, 0.25) is 0 Å². The predicted molar refractivity (Wildman–Crippen MR) is 109 cm³/mol. The summed E-state index contributed by atoms with van der Waals surface area (Å²) in [6, 6.07) is 9.99. The molecule has 7 nitrogen and oxygen atoms in total. The molecule has 3 fully saturated rings.